The van der Waals surface area contributed by atoms with Crippen LogP contribution in [0.15, 0.2) is 17.1 Å². The summed E-state index contributed by atoms with van der Waals surface area (Å²) in [6.45, 7) is 4.47. The second-order valence-corrected chi connectivity index (χ2v) is 6.80. The Kier molecular flexibility index (Phi) is 5.99. The predicted molar refractivity (Wildman–Crippen MR) is 88.9 cm³/mol. The predicted octanol–water partition coefficient (Wildman–Crippen LogP) is 2.92. The average molecular weight is 321 g/mol. The molecule has 0 saturated heterocycles. The zero-order valence-corrected chi connectivity index (χ0v) is 14.0. The maximum atomic E-state index is 11.3. The molecule has 0 aliphatic heterocycles. The lowest BCUT2D eigenvalue weighted by Crippen LogP contribution is -2.42. The molecule has 1 fully saturated rings. The summed E-state index contributed by atoms with van der Waals surface area (Å²) in [5.41, 5.74) is -0.732. The van der Waals surface area contributed by atoms with E-state index in [-0.39, 0.29) is 23.0 Å². The number of carbonyl (C=O) groups is 1. The molecule has 5 heteroatoms. The van der Waals surface area contributed by atoms with Gasteiger partial charge in [-0.1, -0.05) is 26.2 Å². The molecular weight excluding hydrogens is 294 g/mol. The number of aromatic amines is 1. The van der Waals surface area contributed by atoms with Crippen LogP contribution in [0, 0.1) is 11.8 Å². The van der Waals surface area contributed by atoms with Gasteiger partial charge in [-0.05, 0) is 38.0 Å². The number of aromatic nitrogens is 1. The van der Waals surface area contributed by atoms with Crippen LogP contribution in [0.1, 0.15) is 62.7 Å². The van der Waals surface area contributed by atoms with Crippen LogP contribution in [0.25, 0.3) is 0 Å². The molecule has 3 unspecified atom stereocenters. The van der Waals surface area contributed by atoms with Crippen molar-refractivity contribution in [2.45, 2.75) is 58.0 Å². The summed E-state index contributed by atoms with van der Waals surface area (Å²) in [6.07, 6.45) is 8.11. The molecule has 1 aromatic rings. The third kappa shape index (κ3) is 4.44. The summed E-state index contributed by atoms with van der Waals surface area (Å²) in [6, 6.07) is 1.24. The molecule has 0 spiro atoms. The van der Waals surface area contributed by atoms with Crippen LogP contribution in [0.5, 0.6) is 5.75 Å². The molecule has 0 aromatic carbocycles. The maximum absolute atomic E-state index is 11.3. The standard InChI is InChI=1S/C18H27NO4/c1-3-8-18(2,22)15-7-5-4-6-13(15)12-23-16-10-19-17(21)9-14(16)11-20/h9-11,13,15,22H,3-8,12H2,1-2H3,(H,19,21). The quantitative estimate of drug-likeness (QED) is 0.757. The first-order valence-corrected chi connectivity index (χ1v) is 8.51. The summed E-state index contributed by atoms with van der Waals surface area (Å²) in [4.78, 5) is 24.9. The molecule has 2 N–H and O–H groups in total. The smallest absolute Gasteiger partial charge is 0.248 e. The molecule has 1 aromatic heterocycles. The van der Waals surface area contributed by atoms with Gasteiger partial charge < -0.3 is 14.8 Å². The largest absolute Gasteiger partial charge is 0.491 e. The summed E-state index contributed by atoms with van der Waals surface area (Å²) >= 11 is 0. The van der Waals surface area contributed by atoms with Gasteiger partial charge in [-0.15, -0.1) is 0 Å². The zero-order chi connectivity index (χ0) is 16.9. The highest BCUT2D eigenvalue weighted by Gasteiger charge is 2.38. The van der Waals surface area contributed by atoms with Crippen molar-refractivity contribution >= 4 is 6.29 Å². The van der Waals surface area contributed by atoms with E-state index in [0.717, 1.165) is 38.5 Å². The van der Waals surface area contributed by atoms with Crippen LogP contribution in [0.2, 0.25) is 0 Å². The fourth-order valence-electron chi connectivity index (χ4n) is 3.81. The fourth-order valence-corrected chi connectivity index (χ4v) is 3.81. The summed E-state index contributed by atoms with van der Waals surface area (Å²) in [5, 5.41) is 10.8. The Morgan fingerprint density at radius 1 is 1.43 bits per heavy atom. The van der Waals surface area contributed by atoms with E-state index in [1.165, 1.54) is 12.3 Å². The molecule has 1 aliphatic carbocycles. The first-order valence-electron chi connectivity index (χ1n) is 8.51. The van der Waals surface area contributed by atoms with E-state index in [1.807, 2.05) is 6.92 Å². The van der Waals surface area contributed by atoms with Crippen molar-refractivity contribution < 1.29 is 14.6 Å². The van der Waals surface area contributed by atoms with Crippen LogP contribution in [-0.4, -0.2) is 28.6 Å². The lowest BCUT2D eigenvalue weighted by Gasteiger charge is -2.41. The molecule has 128 valence electrons. The molecular formula is C18H27NO4. The Morgan fingerprint density at radius 3 is 2.87 bits per heavy atom. The number of H-pyrrole nitrogens is 1. The molecule has 0 radical (unpaired) electrons. The van der Waals surface area contributed by atoms with E-state index >= 15 is 0 Å². The second-order valence-electron chi connectivity index (χ2n) is 6.80. The molecule has 0 amide bonds. The van der Waals surface area contributed by atoms with Crippen molar-refractivity contribution in [1.29, 1.82) is 0 Å². The lowest BCUT2D eigenvalue weighted by molar-refractivity contribution is -0.0579. The Balaban J connectivity index is 2.08. The van der Waals surface area contributed by atoms with Crippen molar-refractivity contribution in [3.63, 3.8) is 0 Å². The molecule has 0 bridgehead atoms. The lowest BCUT2D eigenvalue weighted by atomic mass is 9.69. The van der Waals surface area contributed by atoms with E-state index in [1.54, 1.807) is 0 Å². The molecule has 1 heterocycles. The minimum atomic E-state index is -0.679. The van der Waals surface area contributed by atoms with Gasteiger partial charge in [0.2, 0.25) is 5.56 Å². The highest BCUT2D eigenvalue weighted by atomic mass is 16.5. The summed E-state index contributed by atoms with van der Waals surface area (Å²) in [7, 11) is 0. The van der Waals surface area contributed by atoms with E-state index in [2.05, 4.69) is 11.9 Å². The van der Waals surface area contributed by atoms with Crippen molar-refractivity contribution in [2.75, 3.05) is 6.61 Å². The van der Waals surface area contributed by atoms with E-state index in [9.17, 15) is 14.7 Å². The third-order valence-corrected chi connectivity index (χ3v) is 4.96. The number of aldehydes is 1. The number of pyridine rings is 1. The van der Waals surface area contributed by atoms with Gasteiger partial charge in [-0.25, -0.2) is 0 Å². The molecule has 3 atom stereocenters. The summed E-state index contributed by atoms with van der Waals surface area (Å²) in [5.74, 6) is 0.870. The number of hydrogen-bond acceptors (Lipinski definition) is 4. The average Bonchev–Trinajstić information content (AvgIpc) is 2.53. The van der Waals surface area contributed by atoms with Gasteiger partial charge in [0.15, 0.2) is 6.29 Å². The van der Waals surface area contributed by atoms with Gasteiger partial charge >= 0.3 is 0 Å². The molecule has 1 aliphatic rings. The van der Waals surface area contributed by atoms with Gasteiger partial charge in [0, 0.05) is 12.3 Å². The van der Waals surface area contributed by atoms with Crippen molar-refractivity contribution in [3.8, 4) is 5.75 Å². The second kappa shape index (κ2) is 7.77. The third-order valence-electron chi connectivity index (χ3n) is 4.96. The Morgan fingerprint density at radius 2 is 2.17 bits per heavy atom. The van der Waals surface area contributed by atoms with Crippen LogP contribution in [0.3, 0.4) is 0 Å². The molecule has 1 saturated carbocycles. The normalized spacial score (nSPS) is 24.0. The number of carbonyl (C=O) groups excluding carboxylic acids is 1. The Labute approximate surface area is 137 Å². The fraction of sp³-hybridized carbons (Fsp3) is 0.667. The highest BCUT2D eigenvalue weighted by Crippen LogP contribution is 2.39. The van der Waals surface area contributed by atoms with Crippen LogP contribution in [0.4, 0.5) is 0 Å². The number of aliphatic hydroxyl groups is 1. The van der Waals surface area contributed by atoms with E-state index in [0.29, 0.717) is 18.6 Å². The minimum Gasteiger partial charge on any atom is -0.491 e. The van der Waals surface area contributed by atoms with Gasteiger partial charge in [-0.3, -0.25) is 9.59 Å². The topological polar surface area (TPSA) is 79.4 Å². The van der Waals surface area contributed by atoms with Gasteiger partial charge in [-0.2, -0.15) is 0 Å². The Bertz CT molecular complexity index is 579. The number of rotatable bonds is 7. The zero-order valence-electron chi connectivity index (χ0n) is 14.0. The van der Waals surface area contributed by atoms with E-state index < -0.39 is 5.60 Å². The van der Waals surface area contributed by atoms with Crippen LogP contribution < -0.4 is 10.3 Å². The molecule has 2 rings (SSSR count). The Hall–Kier alpha value is -1.62. The van der Waals surface area contributed by atoms with Gasteiger partial charge in [0.1, 0.15) is 5.75 Å². The van der Waals surface area contributed by atoms with Crippen LogP contribution in [-0.2, 0) is 0 Å². The highest BCUT2D eigenvalue weighted by molar-refractivity contribution is 5.78. The van der Waals surface area contributed by atoms with Crippen molar-refractivity contribution in [1.82, 2.24) is 4.98 Å². The number of hydrogen-bond donors (Lipinski definition) is 2. The monoisotopic (exact) mass is 321 g/mol. The van der Waals surface area contributed by atoms with Crippen molar-refractivity contribution in [3.05, 3.63) is 28.2 Å². The SMILES string of the molecule is CCCC(C)(O)C1CCCCC1COc1c[nH]c(=O)cc1C=O. The number of nitrogens with one attached hydrogen (secondary N) is 1. The first-order chi connectivity index (χ1) is 11.0. The van der Waals surface area contributed by atoms with Gasteiger partial charge in [0.05, 0.1) is 17.8 Å². The summed E-state index contributed by atoms with van der Waals surface area (Å²) < 4.78 is 5.81. The van der Waals surface area contributed by atoms with E-state index in [4.69, 9.17) is 4.74 Å². The maximum Gasteiger partial charge on any atom is 0.248 e. The molecule has 5 nitrogen and oxygen atoms in total. The van der Waals surface area contributed by atoms with Crippen LogP contribution >= 0.6 is 0 Å². The minimum absolute atomic E-state index is 0.207. The molecule has 23 heavy (non-hydrogen) atoms. The van der Waals surface area contributed by atoms with Crippen molar-refractivity contribution in [2.24, 2.45) is 11.8 Å². The first kappa shape index (κ1) is 17.7. The number of ether oxygens (including phenoxy) is 1. The van der Waals surface area contributed by atoms with Gasteiger partial charge in [0.25, 0.3) is 0 Å².